The van der Waals surface area contributed by atoms with Crippen molar-refractivity contribution >= 4 is 10.1 Å². The minimum Gasteiger partial charge on any atom is -0.508 e. The summed E-state index contributed by atoms with van der Waals surface area (Å²) in [7, 11) is -4.09. The first-order valence-electron chi connectivity index (χ1n) is 13.6. The Balaban J connectivity index is 1.47. The summed E-state index contributed by atoms with van der Waals surface area (Å²) < 4.78 is 54.9. The first-order valence-corrected chi connectivity index (χ1v) is 15.0. The van der Waals surface area contributed by atoms with Gasteiger partial charge in [0.2, 0.25) is 0 Å². The zero-order valence-electron chi connectivity index (χ0n) is 22.7. The topological polar surface area (TPSA) is 124 Å². The van der Waals surface area contributed by atoms with Crippen LogP contribution in [-0.2, 0) is 45.4 Å². The molecule has 1 atom stereocenters. The fraction of sp³-hybridized carbons (Fsp3) is 0.400. The number of fused-ring (bicyclic) bond motifs is 1. The summed E-state index contributed by atoms with van der Waals surface area (Å²) >= 11 is 0. The van der Waals surface area contributed by atoms with Crippen LogP contribution in [0.5, 0.6) is 11.5 Å². The first-order chi connectivity index (χ1) is 19.9. The molecule has 0 radical (unpaired) electrons. The van der Waals surface area contributed by atoms with Crippen LogP contribution < -0.4 is 0 Å². The molecule has 0 bridgehead atoms. The molecule has 3 aromatic rings. The quantitative estimate of drug-likeness (QED) is 0.442. The molecule has 0 amide bonds. The van der Waals surface area contributed by atoms with Gasteiger partial charge in [0.1, 0.15) is 16.4 Å². The number of phenolic OH excluding ortho intramolecular Hbond substituents is 2. The Labute approximate surface area is 240 Å². The summed E-state index contributed by atoms with van der Waals surface area (Å²) in [5.74, 6) is 0.118. The second kappa shape index (κ2) is 13.3. The lowest BCUT2D eigenvalue weighted by atomic mass is 9.80. The summed E-state index contributed by atoms with van der Waals surface area (Å²) in [6.45, 7) is 5.35. The molecule has 0 aromatic heterocycles. The molecule has 5 rings (SSSR count). The maximum Gasteiger partial charge on any atom is 0.298 e. The van der Waals surface area contributed by atoms with Crippen molar-refractivity contribution in [3.63, 3.8) is 0 Å². The lowest BCUT2D eigenvalue weighted by molar-refractivity contribution is 0.00206. The van der Waals surface area contributed by atoms with Gasteiger partial charge in [-0.2, -0.15) is 8.42 Å². The second-order valence-corrected chi connectivity index (χ2v) is 11.3. The number of rotatable bonds is 4. The third kappa shape index (κ3) is 6.73. The summed E-state index contributed by atoms with van der Waals surface area (Å²) in [6.07, 6.45) is 0. The summed E-state index contributed by atoms with van der Waals surface area (Å²) in [6, 6.07) is 17.9. The van der Waals surface area contributed by atoms with Crippen molar-refractivity contribution in [1.82, 2.24) is 4.90 Å². The van der Waals surface area contributed by atoms with Gasteiger partial charge in [-0.3, -0.25) is 4.90 Å². The number of hydrogen-bond donors (Lipinski definition) is 2. The van der Waals surface area contributed by atoms with E-state index < -0.39 is 15.7 Å². The van der Waals surface area contributed by atoms with Gasteiger partial charge in [-0.05, 0) is 41.5 Å². The van der Waals surface area contributed by atoms with E-state index in [1.54, 1.807) is 48.5 Å². The Morgan fingerprint density at radius 1 is 0.707 bits per heavy atom. The van der Waals surface area contributed by atoms with Gasteiger partial charge >= 0.3 is 0 Å². The highest BCUT2D eigenvalue weighted by molar-refractivity contribution is 7.87. The number of phenols is 2. The molecular formula is C30H35NO9S. The Morgan fingerprint density at radius 3 is 1.90 bits per heavy atom. The van der Waals surface area contributed by atoms with Crippen molar-refractivity contribution in [2.24, 2.45) is 0 Å². The van der Waals surface area contributed by atoms with Gasteiger partial charge < -0.3 is 29.2 Å². The molecule has 0 saturated carbocycles. The molecule has 0 spiro atoms. The fourth-order valence-corrected chi connectivity index (χ4v) is 6.52. The van der Waals surface area contributed by atoms with E-state index in [1.807, 2.05) is 0 Å². The molecule has 2 aliphatic rings. The van der Waals surface area contributed by atoms with Crippen LogP contribution in [0.25, 0.3) is 0 Å². The average Bonchev–Trinajstić information content (AvgIpc) is 3.21. The molecule has 220 valence electrons. The van der Waals surface area contributed by atoms with Gasteiger partial charge in [-0.15, -0.1) is 0 Å². The third-order valence-corrected chi connectivity index (χ3v) is 8.51. The highest BCUT2D eigenvalue weighted by Gasteiger charge is 2.51. The lowest BCUT2D eigenvalue weighted by Crippen LogP contribution is -2.32. The standard InChI is InChI=1S/C30H35NO9S/c32-26-8-5-24(6-9-26)30(27-3-1-2-4-29(27)41(34,35)40-30)25-7-10-28(33)23(21-25)22-31-11-13-36-15-17-38-19-20-39-18-16-37-14-12-31/h1-10,21,32-33H,11-20,22H2. The fourth-order valence-electron chi connectivity index (χ4n) is 5.09. The smallest absolute Gasteiger partial charge is 0.298 e. The minimum absolute atomic E-state index is 0.0456. The molecule has 1 unspecified atom stereocenters. The van der Waals surface area contributed by atoms with E-state index in [-0.39, 0.29) is 16.4 Å². The van der Waals surface area contributed by atoms with E-state index in [0.29, 0.717) is 94.7 Å². The minimum atomic E-state index is -4.09. The number of benzene rings is 3. The molecule has 41 heavy (non-hydrogen) atoms. The Bertz CT molecular complexity index is 1400. The number of ether oxygens (including phenoxy) is 4. The number of nitrogens with zero attached hydrogens (tertiary/aromatic N) is 1. The molecule has 2 aliphatic heterocycles. The van der Waals surface area contributed by atoms with Gasteiger partial charge in [0.05, 0.1) is 52.9 Å². The van der Waals surface area contributed by atoms with Gasteiger partial charge in [0.15, 0.2) is 5.60 Å². The predicted molar refractivity (Wildman–Crippen MR) is 149 cm³/mol. The first kappa shape index (κ1) is 29.5. The molecule has 1 fully saturated rings. The van der Waals surface area contributed by atoms with Crippen molar-refractivity contribution in [1.29, 1.82) is 0 Å². The van der Waals surface area contributed by atoms with Gasteiger partial charge in [-0.25, -0.2) is 4.18 Å². The molecule has 0 aliphatic carbocycles. The highest BCUT2D eigenvalue weighted by atomic mass is 32.2. The van der Waals surface area contributed by atoms with Gasteiger partial charge in [-0.1, -0.05) is 36.4 Å². The Kier molecular flexibility index (Phi) is 9.56. The Hall–Kier alpha value is -3.03. The van der Waals surface area contributed by atoms with Crippen molar-refractivity contribution in [3.8, 4) is 11.5 Å². The largest absolute Gasteiger partial charge is 0.508 e. The normalized spacial score (nSPS) is 22.8. The Morgan fingerprint density at radius 2 is 1.27 bits per heavy atom. The van der Waals surface area contributed by atoms with Crippen LogP contribution in [0.3, 0.4) is 0 Å². The third-order valence-electron chi connectivity index (χ3n) is 7.14. The van der Waals surface area contributed by atoms with Crippen molar-refractivity contribution in [2.75, 3.05) is 65.9 Å². The molecule has 2 heterocycles. The molecule has 1 saturated heterocycles. The van der Waals surface area contributed by atoms with E-state index in [2.05, 4.69) is 4.90 Å². The van der Waals surface area contributed by atoms with E-state index in [9.17, 15) is 18.6 Å². The zero-order valence-corrected chi connectivity index (χ0v) is 23.6. The highest BCUT2D eigenvalue weighted by Crippen LogP contribution is 2.50. The van der Waals surface area contributed by atoms with E-state index in [0.717, 1.165) is 0 Å². The lowest BCUT2D eigenvalue weighted by Gasteiger charge is -2.30. The van der Waals surface area contributed by atoms with Crippen molar-refractivity contribution < 1.29 is 41.8 Å². The van der Waals surface area contributed by atoms with Crippen LogP contribution >= 0.6 is 0 Å². The van der Waals surface area contributed by atoms with Crippen LogP contribution in [0, 0.1) is 0 Å². The van der Waals surface area contributed by atoms with Crippen molar-refractivity contribution in [2.45, 2.75) is 17.0 Å². The zero-order chi connectivity index (χ0) is 28.7. The van der Waals surface area contributed by atoms with Crippen molar-refractivity contribution in [3.05, 3.63) is 89.0 Å². The summed E-state index contributed by atoms with van der Waals surface area (Å²) in [5, 5.41) is 20.8. The van der Waals surface area contributed by atoms with Crippen LogP contribution in [0.4, 0.5) is 0 Å². The van der Waals surface area contributed by atoms with Crippen LogP contribution in [0.2, 0.25) is 0 Å². The SMILES string of the molecule is O=S1(=O)OC(c2ccc(O)cc2)(c2ccc(O)c(CN3CCOCCOCCOCCOCC3)c2)c2ccccc21. The summed E-state index contributed by atoms with van der Waals surface area (Å²) in [4.78, 5) is 2.18. The monoisotopic (exact) mass is 585 g/mol. The maximum absolute atomic E-state index is 13.2. The predicted octanol–water partition coefficient (Wildman–Crippen LogP) is 2.99. The van der Waals surface area contributed by atoms with Crippen LogP contribution in [-0.4, -0.2) is 89.5 Å². The van der Waals surface area contributed by atoms with Crippen LogP contribution in [0.1, 0.15) is 22.3 Å². The average molecular weight is 586 g/mol. The maximum atomic E-state index is 13.2. The molecule has 11 heteroatoms. The summed E-state index contributed by atoms with van der Waals surface area (Å²) in [5.41, 5.74) is 0.610. The van der Waals surface area contributed by atoms with Gasteiger partial charge in [0.25, 0.3) is 10.1 Å². The number of aromatic hydroxyl groups is 2. The molecule has 10 nitrogen and oxygen atoms in total. The van der Waals surface area contributed by atoms with E-state index >= 15 is 0 Å². The van der Waals surface area contributed by atoms with E-state index in [4.69, 9.17) is 23.1 Å². The van der Waals surface area contributed by atoms with E-state index in [1.165, 1.54) is 18.2 Å². The molecule has 3 aromatic carbocycles. The van der Waals surface area contributed by atoms with Gasteiger partial charge in [0, 0.05) is 30.8 Å². The van der Waals surface area contributed by atoms with Crippen LogP contribution in [0.15, 0.2) is 71.6 Å². The molecule has 2 N–H and O–H groups in total. The second-order valence-electron chi connectivity index (χ2n) is 9.83. The number of hydrogen-bond acceptors (Lipinski definition) is 10. The molecular weight excluding hydrogens is 550 g/mol.